The fourth-order valence-electron chi connectivity index (χ4n) is 5.09. The standard InChI is InChI=1S/C20H23N7O2.C11H16N4O2/c1-20(2,3)11-26-17-16(18(28)24(4)19(26)29)10-25(23-17)9-14-5-7-15(8-6-14)27-13-21-12-22-27;1-11(2,3)6-15-8-7(5-12-13-8)9(16)14(4)10(15)17/h5-8,10,12-13H,9,11H2,1-4H3;5H,6H2,1-4H3,(H,12,13). The summed E-state index contributed by atoms with van der Waals surface area (Å²) in [5.41, 5.74) is 1.34. The third-order valence-corrected chi connectivity index (χ3v) is 7.22. The first kappa shape index (κ1) is 32.1. The monoisotopic (exact) mass is 629 g/mol. The molecule has 0 bridgehead atoms. The summed E-state index contributed by atoms with van der Waals surface area (Å²) in [6.07, 6.45) is 6.29. The summed E-state index contributed by atoms with van der Waals surface area (Å²) in [4.78, 5) is 53.1. The number of nitrogens with zero attached hydrogens (tertiary/aromatic N) is 10. The topological polar surface area (TPSA) is 165 Å². The first-order valence-corrected chi connectivity index (χ1v) is 14.8. The summed E-state index contributed by atoms with van der Waals surface area (Å²) in [6, 6.07) is 7.84. The molecule has 0 atom stereocenters. The second kappa shape index (κ2) is 11.9. The Morgan fingerprint density at radius 1 is 0.783 bits per heavy atom. The minimum atomic E-state index is -0.347. The number of H-pyrrole nitrogens is 1. The average Bonchev–Trinajstić information content (AvgIpc) is 3.77. The van der Waals surface area contributed by atoms with E-state index in [0.29, 0.717) is 41.7 Å². The molecule has 5 aromatic heterocycles. The molecule has 0 aliphatic rings. The summed E-state index contributed by atoms with van der Waals surface area (Å²) < 4.78 is 8.79. The average molecular weight is 630 g/mol. The second-order valence-corrected chi connectivity index (χ2v) is 13.8. The molecule has 1 N–H and O–H groups in total. The molecule has 0 radical (unpaired) electrons. The van der Waals surface area contributed by atoms with Gasteiger partial charge in [0.25, 0.3) is 11.1 Å². The van der Waals surface area contributed by atoms with E-state index in [1.807, 2.05) is 65.8 Å². The van der Waals surface area contributed by atoms with Crippen LogP contribution in [0.5, 0.6) is 0 Å². The van der Waals surface area contributed by atoms with Crippen molar-refractivity contribution in [2.75, 3.05) is 0 Å². The van der Waals surface area contributed by atoms with Gasteiger partial charge in [0.2, 0.25) is 0 Å². The van der Waals surface area contributed by atoms with Gasteiger partial charge in [0, 0.05) is 33.4 Å². The van der Waals surface area contributed by atoms with E-state index in [1.165, 1.54) is 26.6 Å². The first-order chi connectivity index (χ1) is 21.5. The van der Waals surface area contributed by atoms with Crippen LogP contribution in [0.4, 0.5) is 0 Å². The van der Waals surface area contributed by atoms with Crippen LogP contribution in [0, 0.1) is 10.8 Å². The zero-order valence-electron chi connectivity index (χ0n) is 27.3. The minimum absolute atomic E-state index is 0.0563. The van der Waals surface area contributed by atoms with Gasteiger partial charge in [0.1, 0.15) is 29.1 Å². The number of hydrogen-bond acceptors (Lipinski definition) is 8. The van der Waals surface area contributed by atoms with E-state index in [9.17, 15) is 19.2 Å². The van der Waals surface area contributed by atoms with Crippen molar-refractivity contribution in [2.24, 2.45) is 24.9 Å². The molecule has 0 saturated heterocycles. The lowest BCUT2D eigenvalue weighted by Gasteiger charge is -2.20. The quantitative estimate of drug-likeness (QED) is 0.303. The molecule has 46 heavy (non-hydrogen) atoms. The molecular formula is C31H39N11O4. The SMILES string of the molecule is Cn1c(=O)c2cn(Cc3ccc(-n4cncn4)cc3)nc2n(CC(C)(C)C)c1=O.Cn1c(=O)c2cn[nH]c2n(CC(C)(C)C)c1=O. The molecule has 15 nitrogen and oxygen atoms in total. The first-order valence-electron chi connectivity index (χ1n) is 14.8. The molecule has 0 amide bonds. The highest BCUT2D eigenvalue weighted by molar-refractivity contribution is 5.73. The molecule has 0 aliphatic carbocycles. The summed E-state index contributed by atoms with van der Waals surface area (Å²) in [5.74, 6) is 0. The molecule has 0 spiro atoms. The van der Waals surface area contributed by atoms with Gasteiger partial charge in [-0.25, -0.2) is 19.3 Å². The molecule has 1 aromatic carbocycles. The van der Waals surface area contributed by atoms with Gasteiger partial charge in [-0.1, -0.05) is 53.7 Å². The molecule has 15 heteroatoms. The fraction of sp³-hybridized carbons (Fsp3) is 0.419. The van der Waals surface area contributed by atoms with Crippen LogP contribution in [0.1, 0.15) is 47.1 Å². The van der Waals surface area contributed by atoms with Gasteiger partial charge in [-0.3, -0.25) is 37.6 Å². The highest BCUT2D eigenvalue weighted by atomic mass is 16.2. The fourth-order valence-corrected chi connectivity index (χ4v) is 5.09. The second-order valence-electron chi connectivity index (χ2n) is 13.8. The van der Waals surface area contributed by atoms with Crippen LogP contribution in [0.25, 0.3) is 27.8 Å². The maximum absolute atomic E-state index is 12.7. The highest BCUT2D eigenvalue weighted by Crippen LogP contribution is 2.19. The van der Waals surface area contributed by atoms with Crippen LogP contribution < -0.4 is 22.5 Å². The third-order valence-electron chi connectivity index (χ3n) is 7.22. The van der Waals surface area contributed by atoms with E-state index in [2.05, 4.69) is 25.4 Å². The minimum Gasteiger partial charge on any atom is -0.277 e. The zero-order valence-corrected chi connectivity index (χ0v) is 27.3. The Hall–Kier alpha value is -5.34. The Morgan fingerprint density at radius 3 is 1.96 bits per heavy atom. The van der Waals surface area contributed by atoms with Gasteiger partial charge < -0.3 is 0 Å². The van der Waals surface area contributed by atoms with E-state index in [0.717, 1.165) is 20.4 Å². The van der Waals surface area contributed by atoms with Crippen molar-refractivity contribution >= 4 is 22.1 Å². The van der Waals surface area contributed by atoms with Crippen LogP contribution in [-0.2, 0) is 33.7 Å². The maximum Gasteiger partial charge on any atom is 0.332 e. The Bertz CT molecular complexity index is 2250. The smallest absolute Gasteiger partial charge is 0.277 e. The molecule has 0 aliphatic heterocycles. The van der Waals surface area contributed by atoms with E-state index in [-0.39, 0.29) is 33.3 Å². The Labute approximate surface area is 263 Å². The molecule has 6 rings (SSSR count). The van der Waals surface area contributed by atoms with Crippen molar-refractivity contribution in [3.63, 3.8) is 0 Å². The summed E-state index contributed by atoms with van der Waals surface area (Å²) in [7, 11) is 2.99. The lowest BCUT2D eigenvalue weighted by atomic mass is 9.97. The molecular weight excluding hydrogens is 590 g/mol. The Kier molecular flexibility index (Phi) is 8.28. The summed E-state index contributed by atoms with van der Waals surface area (Å²) >= 11 is 0. The van der Waals surface area contributed by atoms with Crippen LogP contribution in [0.15, 0.2) is 68.5 Å². The van der Waals surface area contributed by atoms with Gasteiger partial charge in [-0.2, -0.15) is 15.3 Å². The van der Waals surface area contributed by atoms with Crippen molar-refractivity contribution in [3.8, 4) is 5.69 Å². The summed E-state index contributed by atoms with van der Waals surface area (Å²) in [5, 5.41) is 16.1. The number of rotatable bonds is 5. The maximum atomic E-state index is 12.7. The van der Waals surface area contributed by atoms with Gasteiger partial charge in [-0.15, -0.1) is 0 Å². The van der Waals surface area contributed by atoms with Crippen LogP contribution in [0.2, 0.25) is 0 Å². The highest BCUT2D eigenvalue weighted by Gasteiger charge is 2.20. The van der Waals surface area contributed by atoms with Crippen molar-refractivity contribution in [3.05, 3.63) is 96.6 Å². The third kappa shape index (κ3) is 6.53. The number of hydrogen-bond donors (Lipinski definition) is 1. The predicted octanol–water partition coefficient (Wildman–Crippen LogP) is 2.04. The van der Waals surface area contributed by atoms with Gasteiger partial charge in [0.15, 0.2) is 5.65 Å². The van der Waals surface area contributed by atoms with Crippen LogP contribution >= 0.6 is 0 Å². The van der Waals surface area contributed by atoms with E-state index in [1.54, 1.807) is 31.0 Å². The Balaban J connectivity index is 0.000000209. The van der Waals surface area contributed by atoms with Gasteiger partial charge >= 0.3 is 11.4 Å². The van der Waals surface area contributed by atoms with Crippen LogP contribution in [-0.4, -0.2) is 53.0 Å². The number of aromatic nitrogens is 11. The normalized spacial score (nSPS) is 12.1. The molecule has 6 aromatic rings. The van der Waals surface area contributed by atoms with E-state index >= 15 is 0 Å². The van der Waals surface area contributed by atoms with E-state index in [4.69, 9.17) is 0 Å². The Morgan fingerprint density at radius 2 is 1.37 bits per heavy atom. The zero-order chi connectivity index (χ0) is 33.6. The molecule has 242 valence electrons. The number of nitrogens with one attached hydrogen (secondary N) is 1. The summed E-state index contributed by atoms with van der Waals surface area (Å²) in [6.45, 7) is 13.7. The van der Waals surface area contributed by atoms with Gasteiger partial charge in [0.05, 0.1) is 18.4 Å². The van der Waals surface area contributed by atoms with Crippen molar-refractivity contribution in [1.29, 1.82) is 0 Å². The van der Waals surface area contributed by atoms with Crippen LogP contribution in [0.3, 0.4) is 0 Å². The van der Waals surface area contributed by atoms with Crippen molar-refractivity contribution < 1.29 is 0 Å². The lowest BCUT2D eigenvalue weighted by molar-refractivity contribution is 0.336. The largest absolute Gasteiger partial charge is 0.332 e. The number of aromatic amines is 1. The van der Waals surface area contributed by atoms with Gasteiger partial charge in [-0.05, 0) is 28.5 Å². The molecule has 0 unspecified atom stereocenters. The molecule has 0 saturated carbocycles. The lowest BCUT2D eigenvalue weighted by Crippen LogP contribution is -2.40. The van der Waals surface area contributed by atoms with E-state index < -0.39 is 0 Å². The van der Waals surface area contributed by atoms with Crippen molar-refractivity contribution in [2.45, 2.75) is 61.2 Å². The molecule has 0 fully saturated rings. The predicted molar refractivity (Wildman–Crippen MR) is 174 cm³/mol. The van der Waals surface area contributed by atoms with Crippen molar-refractivity contribution in [1.82, 2.24) is 53.0 Å². The molecule has 5 heterocycles. The number of fused-ring (bicyclic) bond motifs is 2. The number of benzene rings is 1.